The second-order valence-electron chi connectivity index (χ2n) is 2.96. The molecule has 7 heteroatoms. The van der Waals surface area contributed by atoms with Crippen LogP contribution in [0.4, 0.5) is 0 Å². The minimum Gasteiger partial charge on any atom is -0.478 e. The summed E-state index contributed by atoms with van der Waals surface area (Å²) in [5.41, 5.74) is 0.387. The van der Waals surface area contributed by atoms with Crippen LogP contribution >= 0.6 is 0 Å². The minimum atomic E-state index is -1.09. The monoisotopic (exact) mass is 224 g/mol. The van der Waals surface area contributed by atoms with Crippen LogP contribution in [0.25, 0.3) is 0 Å². The molecule has 0 aliphatic heterocycles. The number of rotatable bonds is 5. The zero-order valence-corrected chi connectivity index (χ0v) is 8.73. The second kappa shape index (κ2) is 5.76. The number of carbonyl (C=O) groups excluding carboxylic acids is 1. The lowest BCUT2D eigenvalue weighted by Gasteiger charge is -2.05. The highest BCUT2D eigenvalue weighted by Crippen LogP contribution is 2.02. The van der Waals surface area contributed by atoms with Gasteiger partial charge in [-0.15, -0.1) is 0 Å². The van der Waals surface area contributed by atoms with E-state index in [9.17, 15) is 9.59 Å². The number of carboxylic acid groups (broad SMARTS) is 1. The van der Waals surface area contributed by atoms with Crippen LogP contribution in [0.5, 0.6) is 0 Å². The molecule has 0 saturated carbocycles. The Morgan fingerprint density at radius 2 is 2.25 bits per heavy atom. The van der Waals surface area contributed by atoms with Gasteiger partial charge in [0.25, 0.3) is 0 Å². The topological polar surface area (TPSA) is 104 Å². The van der Waals surface area contributed by atoms with Gasteiger partial charge in [0.05, 0.1) is 12.2 Å². The molecule has 7 nitrogen and oxygen atoms in total. The van der Waals surface area contributed by atoms with Gasteiger partial charge in [0.15, 0.2) is 0 Å². The molecule has 3 N–H and O–H groups in total. The Morgan fingerprint density at radius 1 is 1.50 bits per heavy atom. The van der Waals surface area contributed by atoms with Gasteiger partial charge in [0.1, 0.15) is 11.9 Å². The zero-order valence-electron chi connectivity index (χ0n) is 8.73. The van der Waals surface area contributed by atoms with Gasteiger partial charge in [0.2, 0.25) is 5.91 Å². The molecule has 0 radical (unpaired) electrons. The van der Waals surface area contributed by atoms with Gasteiger partial charge >= 0.3 is 5.97 Å². The highest BCUT2D eigenvalue weighted by atomic mass is 16.4. The molecule has 0 aliphatic rings. The maximum absolute atomic E-state index is 10.9. The third kappa shape index (κ3) is 3.28. The molecule has 0 saturated heterocycles. The van der Waals surface area contributed by atoms with Crippen molar-refractivity contribution in [2.24, 2.45) is 0 Å². The van der Waals surface area contributed by atoms with Crippen molar-refractivity contribution < 1.29 is 14.7 Å². The fraction of sp³-hybridized carbons (Fsp3) is 0.333. The Balaban J connectivity index is 2.60. The van der Waals surface area contributed by atoms with E-state index in [2.05, 4.69) is 20.6 Å². The Morgan fingerprint density at radius 3 is 2.88 bits per heavy atom. The van der Waals surface area contributed by atoms with Crippen molar-refractivity contribution >= 4 is 11.9 Å². The minimum absolute atomic E-state index is 0.0342. The fourth-order valence-corrected chi connectivity index (χ4v) is 1.06. The lowest BCUT2D eigenvalue weighted by molar-refractivity contribution is -0.119. The van der Waals surface area contributed by atoms with Gasteiger partial charge in [0, 0.05) is 19.8 Å². The van der Waals surface area contributed by atoms with E-state index in [4.69, 9.17) is 5.11 Å². The van der Waals surface area contributed by atoms with Gasteiger partial charge < -0.3 is 15.7 Å². The van der Waals surface area contributed by atoms with E-state index in [0.29, 0.717) is 5.69 Å². The summed E-state index contributed by atoms with van der Waals surface area (Å²) in [4.78, 5) is 29.1. The maximum Gasteiger partial charge on any atom is 0.339 e. The highest BCUT2D eigenvalue weighted by molar-refractivity contribution is 5.88. The normalized spacial score (nSPS) is 9.81. The number of carbonyl (C=O) groups is 2. The van der Waals surface area contributed by atoms with Crippen molar-refractivity contribution in [3.05, 3.63) is 23.8 Å². The fourth-order valence-electron chi connectivity index (χ4n) is 1.06. The molecule has 0 unspecified atom stereocenters. The van der Waals surface area contributed by atoms with E-state index in [1.807, 2.05) is 0 Å². The number of hydrogen-bond donors (Lipinski definition) is 3. The largest absolute Gasteiger partial charge is 0.478 e. The van der Waals surface area contributed by atoms with Crippen LogP contribution in [-0.4, -0.2) is 40.5 Å². The summed E-state index contributed by atoms with van der Waals surface area (Å²) in [5.74, 6) is -1.26. The molecule has 1 rings (SSSR count). The van der Waals surface area contributed by atoms with Crippen LogP contribution in [-0.2, 0) is 11.3 Å². The predicted octanol–water partition coefficient (Wildman–Crippen LogP) is -0.990. The van der Waals surface area contributed by atoms with Crippen LogP contribution in [0.15, 0.2) is 12.5 Å². The number of hydrogen-bond acceptors (Lipinski definition) is 5. The van der Waals surface area contributed by atoms with Gasteiger partial charge in [-0.3, -0.25) is 4.79 Å². The molecule has 86 valence electrons. The molecular formula is C9H12N4O3. The maximum atomic E-state index is 10.9. The number of carboxylic acids is 1. The second-order valence-corrected chi connectivity index (χ2v) is 2.96. The van der Waals surface area contributed by atoms with E-state index in [0.717, 1.165) is 0 Å². The Labute approximate surface area is 91.9 Å². The number of amides is 1. The molecule has 0 fully saturated rings. The molecule has 0 bridgehead atoms. The third-order valence-corrected chi connectivity index (χ3v) is 1.88. The average Bonchev–Trinajstić information content (AvgIpc) is 2.29. The van der Waals surface area contributed by atoms with E-state index >= 15 is 0 Å². The summed E-state index contributed by atoms with van der Waals surface area (Å²) >= 11 is 0. The van der Waals surface area contributed by atoms with Crippen LogP contribution < -0.4 is 10.6 Å². The van der Waals surface area contributed by atoms with Gasteiger partial charge in [-0.1, -0.05) is 0 Å². The van der Waals surface area contributed by atoms with Crippen molar-refractivity contribution in [2.75, 3.05) is 13.6 Å². The smallest absolute Gasteiger partial charge is 0.339 e. The molecule has 0 aromatic carbocycles. The van der Waals surface area contributed by atoms with Gasteiger partial charge in [-0.25, -0.2) is 14.8 Å². The summed E-state index contributed by atoms with van der Waals surface area (Å²) < 4.78 is 0. The van der Waals surface area contributed by atoms with Crippen molar-refractivity contribution in [3.63, 3.8) is 0 Å². The number of likely N-dealkylation sites (N-methyl/N-ethyl adjacent to an activating group) is 1. The van der Waals surface area contributed by atoms with Crippen LogP contribution in [0.1, 0.15) is 16.1 Å². The molecule has 1 amide bonds. The lowest BCUT2D eigenvalue weighted by Crippen LogP contribution is -2.31. The van der Waals surface area contributed by atoms with Crippen molar-refractivity contribution in [1.29, 1.82) is 0 Å². The Bertz CT molecular complexity index is 394. The van der Waals surface area contributed by atoms with E-state index in [-0.39, 0.29) is 24.6 Å². The lowest BCUT2D eigenvalue weighted by atomic mass is 10.2. The summed E-state index contributed by atoms with van der Waals surface area (Å²) in [6.07, 6.45) is 2.50. The SMILES string of the molecule is CNC(=O)CNCc1ncncc1C(=O)O. The predicted molar refractivity (Wildman–Crippen MR) is 54.8 cm³/mol. The number of aromatic nitrogens is 2. The molecular weight excluding hydrogens is 212 g/mol. The zero-order chi connectivity index (χ0) is 12.0. The first-order chi connectivity index (χ1) is 7.65. The van der Waals surface area contributed by atoms with Crippen molar-refractivity contribution in [1.82, 2.24) is 20.6 Å². The first kappa shape index (κ1) is 12.1. The Kier molecular flexibility index (Phi) is 4.34. The van der Waals surface area contributed by atoms with Crippen LogP contribution in [0.2, 0.25) is 0 Å². The third-order valence-electron chi connectivity index (χ3n) is 1.88. The van der Waals surface area contributed by atoms with Gasteiger partial charge in [-0.05, 0) is 0 Å². The first-order valence-corrected chi connectivity index (χ1v) is 4.58. The number of aromatic carboxylic acids is 1. The molecule has 1 aromatic heterocycles. The molecule has 16 heavy (non-hydrogen) atoms. The van der Waals surface area contributed by atoms with Crippen molar-refractivity contribution in [3.8, 4) is 0 Å². The van der Waals surface area contributed by atoms with Gasteiger partial charge in [-0.2, -0.15) is 0 Å². The average molecular weight is 224 g/mol. The highest BCUT2D eigenvalue weighted by Gasteiger charge is 2.10. The van der Waals surface area contributed by atoms with Crippen LogP contribution in [0.3, 0.4) is 0 Å². The number of nitrogens with one attached hydrogen (secondary N) is 2. The molecule has 1 heterocycles. The summed E-state index contributed by atoms with van der Waals surface area (Å²) in [6.45, 7) is 0.317. The summed E-state index contributed by atoms with van der Waals surface area (Å²) in [6, 6.07) is 0. The van der Waals surface area contributed by atoms with E-state index < -0.39 is 5.97 Å². The standard InChI is InChI=1S/C9H12N4O3/c1-10-8(14)4-11-3-7-6(9(15)16)2-12-5-13-7/h2,5,11H,3-4H2,1H3,(H,10,14)(H,15,16). The summed E-state index contributed by atoms with van der Waals surface area (Å²) in [7, 11) is 1.53. The molecule has 1 aromatic rings. The van der Waals surface area contributed by atoms with Crippen LogP contribution in [0, 0.1) is 0 Å². The first-order valence-electron chi connectivity index (χ1n) is 4.58. The number of nitrogens with zero attached hydrogens (tertiary/aromatic N) is 2. The van der Waals surface area contributed by atoms with E-state index in [1.165, 1.54) is 19.6 Å². The Hall–Kier alpha value is -2.02. The summed E-state index contributed by atoms with van der Waals surface area (Å²) in [5, 5.41) is 14.1. The molecule has 0 spiro atoms. The van der Waals surface area contributed by atoms with E-state index in [1.54, 1.807) is 0 Å². The van der Waals surface area contributed by atoms with Crippen molar-refractivity contribution in [2.45, 2.75) is 6.54 Å². The quantitative estimate of drug-likeness (QED) is 0.593. The molecule has 0 aliphatic carbocycles. The molecule has 0 atom stereocenters.